The van der Waals surface area contributed by atoms with Crippen molar-refractivity contribution in [2.75, 3.05) is 0 Å². The van der Waals surface area contributed by atoms with E-state index in [9.17, 15) is 4.79 Å². The van der Waals surface area contributed by atoms with Gasteiger partial charge in [0.1, 0.15) is 6.07 Å². The second-order valence-electron chi connectivity index (χ2n) is 2.51. The van der Waals surface area contributed by atoms with Crippen molar-refractivity contribution in [3.8, 4) is 6.07 Å². The molecule has 0 saturated carbocycles. The van der Waals surface area contributed by atoms with E-state index in [0.29, 0.717) is 11.2 Å². The van der Waals surface area contributed by atoms with E-state index in [1.54, 1.807) is 18.3 Å². The van der Waals surface area contributed by atoms with Crippen LogP contribution in [0.4, 0.5) is 0 Å². The maximum Gasteiger partial charge on any atom is 0.257 e. The highest BCUT2D eigenvalue weighted by atomic mass is 16.1. The number of hydrogen-bond donors (Lipinski definition) is 0. The molecule has 0 spiro atoms. The van der Waals surface area contributed by atoms with E-state index in [1.165, 1.54) is 16.7 Å². The molecule has 2 heterocycles. The first-order valence-electron chi connectivity index (χ1n) is 3.69. The first kappa shape index (κ1) is 7.50. The SMILES string of the molecule is N#Cc1cccn2c(=O)ccnc12. The highest BCUT2D eigenvalue weighted by Gasteiger charge is 2.00. The zero-order valence-electron chi connectivity index (χ0n) is 6.64. The van der Waals surface area contributed by atoms with E-state index in [2.05, 4.69) is 4.98 Å². The summed E-state index contributed by atoms with van der Waals surface area (Å²) >= 11 is 0. The fourth-order valence-electron chi connectivity index (χ4n) is 1.15. The lowest BCUT2D eigenvalue weighted by atomic mass is 10.3. The van der Waals surface area contributed by atoms with Gasteiger partial charge in [-0.3, -0.25) is 9.20 Å². The monoisotopic (exact) mass is 171 g/mol. The lowest BCUT2D eigenvalue weighted by Crippen LogP contribution is -2.13. The van der Waals surface area contributed by atoms with Crippen LogP contribution < -0.4 is 5.56 Å². The van der Waals surface area contributed by atoms with E-state index < -0.39 is 0 Å². The minimum atomic E-state index is -0.179. The normalized spacial score (nSPS) is 9.77. The lowest BCUT2D eigenvalue weighted by molar-refractivity contribution is 1.04. The molecule has 0 saturated heterocycles. The van der Waals surface area contributed by atoms with Gasteiger partial charge in [-0.15, -0.1) is 0 Å². The topological polar surface area (TPSA) is 58.2 Å². The van der Waals surface area contributed by atoms with Gasteiger partial charge in [0.2, 0.25) is 0 Å². The van der Waals surface area contributed by atoms with Gasteiger partial charge in [-0.2, -0.15) is 5.26 Å². The molecule has 0 aliphatic heterocycles. The van der Waals surface area contributed by atoms with Crippen molar-refractivity contribution in [1.29, 1.82) is 5.26 Å². The van der Waals surface area contributed by atoms with E-state index >= 15 is 0 Å². The Morgan fingerprint density at radius 3 is 3.08 bits per heavy atom. The molecule has 4 nitrogen and oxygen atoms in total. The Labute approximate surface area is 73.7 Å². The molecular formula is C9H5N3O. The van der Waals surface area contributed by atoms with Gasteiger partial charge in [-0.05, 0) is 12.1 Å². The van der Waals surface area contributed by atoms with Crippen molar-refractivity contribution in [3.05, 3.63) is 46.5 Å². The maximum absolute atomic E-state index is 11.3. The first-order valence-corrected chi connectivity index (χ1v) is 3.69. The van der Waals surface area contributed by atoms with Crippen LogP contribution in [-0.4, -0.2) is 9.38 Å². The standard InChI is InChI=1S/C9H5N3O/c10-6-7-2-1-5-12-8(13)3-4-11-9(7)12/h1-5H. The highest BCUT2D eigenvalue weighted by molar-refractivity contribution is 5.53. The molecule has 2 aromatic heterocycles. The number of nitriles is 1. The summed E-state index contributed by atoms with van der Waals surface area (Å²) in [5, 5.41) is 8.72. The van der Waals surface area contributed by atoms with Crippen molar-refractivity contribution >= 4 is 5.65 Å². The van der Waals surface area contributed by atoms with Crippen LogP contribution in [0.3, 0.4) is 0 Å². The average Bonchev–Trinajstić information content (AvgIpc) is 2.18. The number of fused-ring (bicyclic) bond motifs is 1. The molecule has 0 radical (unpaired) electrons. The summed E-state index contributed by atoms with van der Waals surface area (Å²) in [5.74, 6) is 0. The minimum Gasteiger partial charge on any atom is -0.269 e. The second-order valence-corrected chi connectivity index (χ2v) is 2.51. The first-order chi connectivity index (χ1) is 6.33. The zero-order valence-corrected chi connectivity index (χ0v) is 6.64. The Bertz CT molecular complexity index is 551. The summed E-state index contributed by atoms with van der Waals surface area (Å²) in [6.07, 6.45) is 2.99. The summed E-state index contributed by atoms with van der Waals surface area (Å²) in [6, 6.07) is 6.60. The van der Waals surface area contributed by atoms with Gasteiger partial charge >= 0.3 is 0 Å². The third-order valence-corrected chi connectivity index (χ3v) is 1.74. The Hall–Kier alpha value is -2.15. The molecule has 0 aliphatic rings. The molecule has 0 atom stereocenters. The molecule has 0 amide bonds. The summed E-state index contributed by atoms with van der Waals surface area (Å²) in [4.78, 5) is 15.2. The Morgan fingerprint density at radius 2 is 2.31 bits per heavy atom. The molecule has 62 valence electrons. The van der Waals surface area contributed by atoms with Gasteiger partial charge in [-0.25, -0.2) is 4.98 Å². The van der Waals surface area contributed by atoms with Crippen LogP contribution in [0, 0.1) is 11.3 Å². The van der Waals surface area contributed by atoms with Crippen LogP contribution in [0.25, 0.3) is 5.65 Å². The van der Waals surface area contributed by atoms with Gasteiger partial charge in [0.05, 0.1) is 5.56 Å². The number of rotatable bonds is 0. The van der Waals surface area contributed by atoms with E-state index in [0.717, 1.165) is 0 Å². The summed E-state index contributed by atoms with van der Waals surface area (Å²) in [5.41, 5.74) is 0.625. The molecule has 0 aromatic carbocycles. The molecule has 0 aliphatic carbocycles. The van der Waals surface area contributed by atoms with Crippen LogP contribution >= 0.6 is 0 Å². The molecule has 0 N–H and O–H groups in total. The van der Waals surface area contributed by atoms with Crippen molar-refractivity contribution in [1.82, 2.24) is 9.38 Å². The second kappa shape index (κ2) is 2.72. The number of hydrogen-bond acceptors (Lipinski definition) is 3. The molecule has 0 bridgehead atoms. The highest BCUT2D eigenvalue weighted by Crippen LogP contribution is 2.02. The fraction of sp³-hybridized carbons (Fsp3) is 0. The Morgan fingerprint density at radius 1 is 1.46 bits per heavy atom. The number of pyridine rings is 1. The summed E-state index contributed by atoms with van der Waals surface area (Å²) < 4.78 is 1.35. The quantitative estimate of drug-likeness (QED) is 0.582. The van der Waals surface area contributed by atoms with E-state index in [4.69, 9.17) is 5.26 Å². The van der Waals surface area contributed by atoms with Gasteiger partial charge in [0, 0.05) is 18.5 Å². The molecule has 2 rings (SSSR count). The minimum absolute atomic E-state index is 0.179. The van der Waals surface area contributed by atoms with Crippen molar-refractivity contribution in [2.24, 2.45) is 0 Å². The summed E-state index contributed by atoms with van der Waals surface area (Å²) in [6.45, 7) is 0. The molecule has 4 heteroatoms. The molecule has 0 fully saturated rings. The van der Waals surface area contributed by atoms with Crippen molar-refractivity contribution in [2.45, 2.75) is 0 Å². The Balaban J connectivity index is 3.03. The van der Waals surface area contributed by atoms with Crippen LogP contribution in [0.15, 0.2) is 35.4 Å². The third kappa shape index (κ3) is 1.07. The number of aromatic nitrogens is 2. The van der Waals surface area contributed by atoms with Crippen LogP contribution in [0.2, 0.25) is 0 Å². The third-order valence-electron chi connectivity index (χ3n) is 1.74. The predicted octanol–water partition coefficient (Wildman–Crippen LogP) is 0.566. The zero-order chi connectivity index (χ0) is 9.26. The van der Waals surface area contributed by atoms with Crippen LogP contribution in [0.1, 0.15) is 5.56 Å². The molecule has 13 heavy (non-hydrogen) atoms. The van der Waals surface area contributed by atoms with Crippen molar-refractivity contribution in [3.63, 3.8) is 0 Å². The largest absolute Gasteiger partial charge is 0.269 e. The van der Waals surface area contributed by atoms with Gasteiger partial charge in [0.15, 0.2) is 5.65 Å². The lowest BCUT2D eigenvalue weighted by Gasteiger charge is -1.98. The van der Waals surface area contributed by atoms with Gasteiger partial charge in [-0.1, -0.05) is 0 Å². The summed E-state index contributed by atoms with van der Waals surface area (Å²) in [7, 11) is 0. The van der Waals surface area contributed by atoms with Gasteiger partial charge in [0.25, 0.3) is 5.56 Å². The molecule has 2 aromatic rings. The average molecular weight is 171 g/mol. The number of nitrogens with zero attached hydrogens (tertiary/aromatic N) is 3. The van der Waals surface area contributed by atoms with Crippen molar-refractivity contribution < 1.29 is 0 Å². The smallest absolute Gasteiger partial charge is 0.257 e. The fourth-order valence-corrected chi connectivity index (χ4v) is 1.15. The maximum atomic E-state index is 11.3. The van der Waals surface area contributed by atoms with E-state index in [-0.39, 0.29) is 5.56 Å². The van der Waals surface area contributed by atoms with Crippen LogP contribution in [0.5, 0.6) is 0 Å². The molecule has 0 unspecified atom stereocenters. The van der Waals surface area contributed by atoms with Gasteiger partial charge < -0.3 is 0 Å². The van der Waals surface area contributed by atoms with E-state index in [1.807, 2.05) is 6.07 Å². The van der Waals surface area contributed by atoms with Crippen LogP contribution in [-0.2, 0) is 0 Å². The Kier molecular flexibility index (Phi) is 1.57. The predicted molar refractivity (Wildman–Crippen MR) is 46.2 cm³/mol. The molecular weight excluding hydrogens is 166 g/mol.